The lowest BCUT2D eigenvalue weighted by molar-refractivity contribution is -0.385. The van der Waals surface area contributed by atoms with E-state index in [1.807, 2.05) is 30.3 Å². The lowest BCUT2D eigenvalue weighted by atomic mass is 10.1. The van der Waals surface area contributed by atoms with Gasteiger partial charge in [-0.25, -0.2) is 4.98 Å². The van der Waals surface area contributed by atoms with Gasteiger partial charge in [-0.1, -0.05) is 28.1 Å². The SMILES string of the molecule is O=c1c2cc(I)ccc2nc(C=Cc2ccccc2[N+](=O)[O-])n1-c1ccc(Br)cc1. The van der Waals surface area contributed by atoms with Gasteiger partial charge < -0.3 is 0 Å². The summed E-state index contributed by atoms with van der Waals surface area (Å²) in [5.74, 6) is 0.384. The van der Waals surface area contributed by atoms with Gasteiger partial charge in [-0.05, 0) is 83.3 Å². The van der Waals surface area contributed by atoms with Crippen LogP contribution in [0, 0.1) is 13.7 Å². The molecule has 0 unspecified atom stereocenters. The van der Waals surface area contributed by atoms with Crippen LogP contribution >= 0.6 is 38.5 Å². The van der Waals surface area contributed by atoms with Gasteiger partial charge in [0.25, 0.3) is 11.2 Å². The molecule has 0 atom stereocenters. The van der Waals surface area contributed by atoms with Gasteiger partial charge in [-0.3, -0.25) is 19.5 Å². The molecule has 0 aliphatic heterocycles. The molecule has 1 aromatic heterocycles. The molecular formula is C22H13BrIN3O3. The maximum absolute atomic E-state index is 13.3. The van der Waals surface area contributed by atoms with E-state index >= 15 is 0 Å². The fourth-order valence-electron chi connectivity index (χ4n) is 3.09. The number of fused-ring (bicyclic) bond motifs is 1. The van der Waals surface area contributed by atoms with E-state index in [0.29, 0.717) is 28.0 Å². The normalized spacial score (nSPS) is 11.3. The van der Waals surface area contributed by atoms with Gasteiger partial charge >= 0.3 is 0 Å². The lowest BCUT2D eigenvalue weighted by Gasteiger charge is -2.12. The Labute approximate surface area is 193 Å². The maximum Gasteiger partial charge on any atom is 0.276 e. The molecule has 0 N–H and O–H groups in total. The first kappa shape index (κ1) is 20.4. The standard InChI is InChI=1S/C22H13BrIN3O3/c23-15-6-9-17(10-7-15)26-21(12-5-14-3-1-2-4-20(14)27(29)30)25-19-11-8-16(24)13-18(19)22(26)28/h1-13H. The zero-order valence-electron chi connectivity index (χ0n) is 15.3. The Morgan fingerprint density at radius 2 is 1.77 bits per heavy atom. The first-order chi connectivity index (χ1) is 14.4. The average molecular weight is 574 g/mol. The number of nitro groups is 1. The number of aromatic nitrogens is 2. The zero-order chi connectivity index (χ0) is 21.3. The van der Waals surface area contributed by atoms with Crippen molar-refractivity contribution < 1.29 is 4.92 Å². The summed E-state index contributed by atoms with van der Waals surface area (Å²) in [6.45, 7) is 0. The molecule has 0 bridgehead atoms. The summed E-state index contributed by atoms with van der Waals surface area (Å²) in [6.07, 6.45) is 3.23. The first-order valence-electron chi connectivity index (χ1n) is 8.84. The van der Waals surface area contributed by atoms with Crippen LogP contribution in [0.2, 0.25) is 0 Å². The van der Waals surface area contributed by atoms with E-state index in [4.69, 9.17) is 0 Å². The third-order valence-electron chi connectivity index (χ3n) is 4.49. The third kappa shape index (κ3) is 4.05. The molecular weight excluding hydrogens is 561 g/mol. The molecule has 30 heavy (non-hydrogen) atoms. The highest BCUT2D eigenvalue weighted by molar-refractivity contribution is 14.1. The van der Waals surface area contributed by atoms with Gasteiger partial charge in [0.05, 0.1) is 27.1 Å². The van der Waals surface area contributed by atoms with Gasteiger partial charge in [-0.2, -0.15) is 0 Å². The monoisotopic (exact) mass is 573 g/mol. The minimum absolute atomic E-state index is 0.0124. The van der Waals surface area contributed by atoms with Crippen molar-refractivity contribution in [1.82, 2.24) is 9.55 Å². The molecule has 0 spiro atoms. The van der Waals surface area contributed by atoms with E-state index in [0.717, 1.165) is 8.04 Å². The maximum atomic E-state index is 13.3. The van der Waals surface area contributed by atoms with E-state index in [2.05, 4.69) is 43.5 Å². The third-order valence-corrected chi connectivity index (χ3v) is 5.69. The van der Waals surface area contributed by atoms with Crippen molar-refractivity contribution in [3.63, 3.8) is 0 Å². The van der Waals surface area contributed by atoms with Crippen LogP contribution in [-0.4, -0.2) is 14.5 Å². The summed E-state index contributed by atoms with van der Waals surface area (Å²) in [5.41, 5.74) is 1.43. The quantitative estimate of drug-likeness (QED) is 0.175. The second kappa shape index (κ2) is 8.49. The van der Waals surface area contributed by atoms with E-state index < -0.39 is 4.92 Å². The molecule has 4 aromatic rings. The summed E-state index contributed by atoms with van der Waals surface area (Å²) in [4.78, 5) is 28.9. The first-order valence-corrected chi connectivity index (χ1v) is 10.7. The van der Waals surface area contributed by atoms with Crippen LogP contribution in [-0.2, 0) is 0 Å². The second-order valence-corrected chi connectivity index (χ2v) is 8.56. The van der Waals surface area contributed by atoms with Crippen molar-refractivity contribution in [3.8, 4) is 5.69 Å². The zero-order valence-corrected chi connectivity index (χ0v) is 19.1. The molecule has 8 heteroatoms. The van der Waals surface area contributed by atoms with Crippen molar-refractivity contribution in [2.45, 2.75) is 0 Å². The number of hydrogen-bond donors (Lipinski definition) is 0. The smallest absolute Gasteiger partial charge is 0.268 e. The minimum atomic E-state index is -0.433. The van der Waals surface area contributed by atoms with Crippen LogP contribution in [0.5, 0.6) is 0 Å². The fourth-order valence-corrected chi connectivity index (χ4v) is 3.84. The van der Waals surface area contributed by atoms with Crippen LogP contribution in [0.3, 0.4) is 0 Å². The second-order valence-electron chi connectivity index (χ2n) is 6.40. The average Bonchev–Trinajstić information content (AvgIpc) is 2.74. The highest BCUT2D eigenvalue weighted by Crippen LogP contribution is 2.22. The molecule has 148 valence electrons. The summed E-state index contributed by atoms with van der Waals surface area (Å²) >= 11 is 5.56. The Morgan fingerprint density at radius 1 is 1.03 bits per heavy atom. The summed E-state index contributed by atoms with van der Waals surface area (Å²) in [6, 6.07) is 19.2. The van der Waals surface area contributed by atoms with Gasteiger partial charge in [0, 0.05) is 14.1 Å². The molecule has 4 rings (SSSR count). The van der Waals surface area contributed by atoms with Crippen LogP contribution in [0.4, 0.5) is 5.69 Å². The largest absolute Gasteiger partial charge is 0.276 e. The van der Waals surface area contributed by atoms with Crippen LogP contribution in [0.25, 0.3) is 28.7 Å². The van der Waals surface area contributed by atoms with Gasteiger partial charge in [0.2, 0.25) is 0 Å². The van der Waals surface area contributed by atoms with E-state index in [1.165, 1.54) is 10.6 Å². The van der Waals surface area contributed by atoms with Gasteiger partial charge in [0.15, 0.2) is 0 Å². The summed E-state index contributed by atoms with van der Waals surface area (Å²) < 4.78 is 3.33. The van der Waals surface area contributed by atoms with Crippen LogP contribution in [0.1, 0.15) is 11.4 Å². The molecule has 0 radical (unpaired) electrons. The summed E-state index contributed by atoms with van der Waals surface area (Å²) in [5, 5.41) is 11.8. The highest BCUT2D eigenvalue weighted by Gasteiger charge is 2.13. The van der Waals surface area contributed by atoms with E-state index in [-0.39, 0.29) is 11.2 Å². The number of rotatable bonds is 4. The minimum Gasteiger partial charge on any atom is -0.268 e. The molecule has 0 aliphatic rings. The number of nitro benzene ring substituents is 1. The van der Waals surface area contributed by atoms with Crippen molar-refractivity contribution in [3.05, 3.63) is 107 Å². The number of benzene rings is 3. The predicted octanol–water partition coefficient (Wildman–Crippen LogP) is 5.83. The molecule has 1 heterocycles. The Hall–Kier alpha value is -2.85. The molecule has 6 nitrogen and oxygen atoms in total. The van der Waals surface area contributed by atoms with E-state index in [1.54, 1.807) is 42.5 Å². The fraction of sp³-hybridized carbons (Fsp3) is 0. The Balaban J connectivity index is 1.96. The molecule has 0 fully saturated rings. The molecule has 0 aliphatic carbocycles. The Kier molecular flexibility index (Phi) is 5.78. The Bertz CT molecular complexity index is 1360. The molecule has 0 amide bonds. The highest BCUT2D eigenvalue weighted by atomic mass is 127. The Morgan fingerprint density at radius 3 is 2.50 bits per heavy atom. The van der Waals surface area contributed by atoms with Crippen molar-refractivity contribution in [2.24, 2.45) is 0 Å². The lowest BCUT2D eigenvalue weighted by Crippen LogP contribution is -2.22. The predicted molar refractivity (Wildman–Crippen MR) is 130 cm³/mol. The van der Waals surface area contributed by atoms with Crippen molar-refractivity contribution >= 4 is 67.3 Å². The number of para-hydroxylation sites is 1. The van der Waals surface area contributed by atoms with Crippen LogP contribution in [0.15, 0.2) is 76.0 Å². The van der Waals surface area contributed by atoms with Crippen molar-refractivity contribution in [2.75, 3.05) is 0 Å². The number of halogens is 2. The molecule has 0 saturated heterocycles. The number of nitrogens with zero attached hydrogens (tertiary/aromatic N) is 3. The van der Waals surface area contributed by atoms with Crippen molar-refractivity contribution in [1.29, 1.82) is 0 Å². The van der Waals surface area contributed by atoms with Gasteiger partial charge in [0.1, 0.15) is 5.82 Å². The van der Waals surface area contributed by atoms with Crippen LogP contribution < -0.4 is 5.56 Å². The van der Waals surface area contributed by atoms with Gasteiger partial charge in [-0.15, -0.1) is 0 Å². The topological polar surface area (TPSA) is 78.0 Å². The molecule has 0 saturated carbocycles. The molecule has 3 aromatic carbocycles. The summed E-state index contributed by atoms with van der Waals surface area (Å²) in [7, 11) is 0. The number of hydrogen-bond acceptors (Lipinski definition) is 4. The van der Waals surface area contributed by atoms with E-state index in [9.17, 15) is 14.9 Å².